The van der Waals surface area contributed by atoms with Crippen molar-refractivity contribution in [3.05, 3.63) is 18.0 Å². The number of aromatic amines is 2. The number of anilines is 3. The van der Waals surface area contributed by atoms with Crippen LogP contribution in [0.15, 0.2) is 12.3 Å². The first-order chi connectivity index (χ1) is 15.6. The highest BCUT2D eigenvalue weighted by molar-refractivity contribution is 7.38. The van der Waals surface area contributed by atoms with E-state index in [1.54, 1.807) is 6.20 Å². The van der Waals surface area contributed by atoms with Gasteiger partial charge in [0, 0.05) is 36.8 Å². The Morgan fingerprint density at radius 2 is 2.09 bits per heavy atom. The van der Waals surface area contributed by atoms with Crippen molar-refractivity contribution < 1.29 is 0 Å². The highest BCUT2D eigenvalue weighted by Gasteiger charge is 2.18. The van der Waals surface area contributed by atoms with Gasteiger partial charge in [0.05, 0.1) is 17.7 Å². The van der Waals surface area contributed by atoms with Crippen LogP contribution in [0.2, 0.25) is 0 Å². The zero-order chi connectivity index (χ0) is 22.8. The number of nitriles is 1. The second-order valence-electron chi connectivity index (χ2n) is 7.84. The largest absolute Gasteiger partial charge is 0.351 e. The molecule has 3 aromatic heterocycles. The lowest BCUT2D eigenvalue weighted by Crippen LogP contribution is -2.36. The molecule has 32 heavy (non-hydrogen) atoms. The molecule has 0 radical (unpaired) electrons. The number of aryl methyl sites for hydroxylation is 1. The third kappa shape index (κ3) is 6.87. The van der Waals surface area contributed by atoms with E-state index in [9.17, 15) is 0 Å². The lowest BCUT2D eigenvalue weighted by atomic mass is 10.1. The number of rotatable bonds is 14. The van der Waals surface area contributed by atoms with Crippen molar-refractivity contribution in [2.45, 2.75) is 58.5 Å². The van der Waals surface area contributed by atoms with Gasteiger partial charge in [0.25, 0.3) is 0 Å². The summed E-state index contributed by atoms with van der Waals surface area (Å²) >= 11 is 0. The minimum atomic E-state index is 0.236. The fourth-order valence-corrected chi connectivity index (χ4v) is 4.67. The SMILES string of the molecule is CCCPCC(CC(CC)NCCC#N)Nc1nc(Nc2cc(C)[nH]n2)c2cn[nH]c2n1. The summed E-state index contributed by atoms with van der Waals surface area (Å²) in [6.45, 7) is 7.07. The van der Waals surface area contributed by atoms with E-state index in [1.807, 2.05) is 13.0 Å². The number of nitrogens with zero attached hydrogens (tertiary/aromatic N) is 5. The van der Waals surface area contributed by atoms with Crippen LogP contribution in [0, 0.1) is 18.3 Å². The molecule has 172 valence electrons. The van der Waals surface area contributed by atoms with E-state index in [2.05, 4.69) is 61.2 Å². The number of hydrogen-bond acceptors (Lipinski definition) is 8. The van der Waals surface area contributed by atoms with Gasteiger partial charge in [0.15, 0.2) is 11.5 Å². The molecule has 0 bridgehead atoms. The molecule has 3 unspecified atom stereocenters. The summed E-state index contributed by atoms with van der Waals surface area (Å²) in [4.78, 5) is 9.40. The number of nitrogens with one attached hydrogen (secondary N) is 5. The van der Waals surface area contributed by atoms with Gasteiger partial charge in [-0.15, -0.1) is 8.58 Å². The molecule has 5 N–H and O–H groups in total. The highest BCUT2D eigenvalue weighted by Crippen LogP contribution is 2.25. The first-order valence-corrected chi connectivity index (χ1v) is 12.6. The fourth-order valence-electron chi connectivity index (χ4n) is 3.50. The Bertz CT molecular complexity index is 1010. The predicted octanol–water partition coefficient (Wildman–Crippen LogP) is 3.67. The van der Waals surface area contributed by atoms with Crippen LogP contribution in [0.3, 0.4) is 0 Å². The highest BCUT2D eigenvalue weighted by atomic mass is 31.1. The van der Waals surface area contributed by atoms with Crippen molar-refractivity contribution in [2.24, 2.45) is 0 Å². The number of aromatic nitrogens is 6. The summed E-state index contributed by atoms with van der Waals surface area (Å²) in [6, 6.07) is 4.71. The average Bonchev–Trinajstić information content (AvgIpc) is 3.42. The monoisotopic (exact) mass is 456 g/mol. The number of fused-ring (bicyclic) bond motifs is 1. The van der Waals surface area contributed by atoms with Crippen LogP contribution in [0.5, 0.6) is 0 Å². The van der Waals surface area contributed by atoms with Crippen LogP contribution >= 0.6 is 8.58 Å². The van der Waals surface area contributed by atoms with Crippen LogP contribution < -0.4 is 16.0 Å². The van der Waals surface area contributed by atoms with Crippen molar-refractivity contribution in [2.75, 3.05) is 29.5 Å². The Morgan fingerprint density at radius 3 is 2.81 bits per heavy atom. The van der Waals surface area contributed by atoms with E-state index in [1.165, 1.54) is 12.6 Å². The van der Waals surface area contributed by atoms with Crippen molar-refractivity contribution in [1.82, 2.24) is 35.7 Å². The van der Waals surface area contributed by atoms with Crippen LogP contribution in [0.1, 0.15) is 45.2 Å². The lowest BCUT2D eigenvalue weighted by molar-refractivity contribution is 0.453. The normalized spacial score (nSPS) is 13.4. The number of hydrogen-bond donors (Lipinski definition) is 5. The smallest absolute Gasteiger partial charge is 0.226 e. The molecule has 3 atom stereocenters. The van der Waals surface area contributed by atoms with Crippen molar-refractivity contribution in [3.63, 3.8) is 0 Å². The molecule has 0 aromatic carbocycles. The first-order valence-electron chi connectivity index (χ1n) is 11.2. The molecule has 3 aromatic rings. The van der Waals surface area contributed by atoms with Gasteiger partial charge < -0.3 is 16.0 Å². The molecule has 0 amide bonds. The molecule has 0 aliphatic rings. The molecule has 0 spiro atoms. The fraction of sp³-hybridized carbons (Fsp3) is 0.571. The predicted molar refractivity (Wildman–Crippen MR) is 131 cm³/mol. The summed E-state index contributed by atoms with van der Waals surface area (Å²) in [5.41, 5.74) is 1.64. The molecule has 0 aliphatic heterocycles. The zero-order valence-corrected chi connectivity index (χ0v) is 20.0. The maximum Gasteiger partial charge on any atom is 0.226 e. The van der Waals surface area contributed by atoms with Crippen molar-refractivity contribution >= 4 is 37.2 Å². The molecule has 11 heteroatoms. The second-order valence-corrected chi connectivity index (χ2v) is 9.25. The van der Waals surface area contributed by atoms with Crippen LogP contribution in [0.25, 0.3) is 11.0 Å². The van der Waals surface area contributed by atoms with Crippen LogP contribution in [0.4, 0.5) is 17.6 Å². The third-order valence-corrected chi connectivity index (χ3v) is 6.78. The van der Waals surface area contributed by atoms with Crippen molar-refractivity contribution in [1.29, 1.82) is 5.26 Å². The van der Waals surface area contributed by atoms with E-state index in [0.717, 1.165) is 38.7 Å². The van der Waals surface area contributed by atoms with E-state index in [4.69, 9.17) is 10.2 Å². The van der Waals surface area contributed by atoms with Crippen molar-refractivity contribution in [3.8, 4) is 6.07 Å². The molecule has 3 rings (SSSR count). The summed E-state index contributed by atoms with van der Waals surface area (Å²) < 4.78 is 0. The molecule has 0 saturated heterocycles. The summed E-state index contributed by atoms with van der Waals surface area (Å²) in [7, 11) is 0.885. The van der Waals surface area contributed by atoms with Crippen LogP contribution in [-0.4, -0.2) is 61.3 Å². The van der Waals surface area contributed by atoms with E-state index in [-0.39, 0.29) is 6.04 Å². The van der Waals surface area contributed by atoms with Gasteiger partial charge in [0.1, 0.15) is 5.82 Å². The summed E-state index contributed by atoms with van der Waals surface area (Å²) in [5.74, 6) is 1.92. The minimum absolute atomic E-state index is 0.236. The van der Waals surface area contributed by atoms with E-state index >= 15 is 0 Å². The maximum atomic E-state index is 8.84. The molecule has 3 heterocycles. The maximum absolute atomic E-state index is 8.84. The minimum Gasteiger partial charge on any atom is -0.351 e. The van der Waals surface area contributed by atoms with Gasteiger partial charge in [-0.25, -0.2) is 0 Å². The molecule has 10 nitrogen and oxygen atoms in total. The van der Waals surface area contributed by atoms with Gasteiger partial charge in [-0.05, 0) is 32.1 Å². The molecule has 0 saturated carbocycles. The van der Waals surface area contributed by atoms with Gasteiger partial charge in [0.2, 0.25) is 5.95 Å². The first kappa shape index (κ1) is 23.9. The number of H-pyrrole nitrogens is 2. The molecule has 0 aliphatic carbocycles. The van der Waals surface area contributed by atoms with Gasteiger partial charge >= 0.3 is 0 Å². The standard InChI is InChI=1S/C21H33N10P/c1-4-9-32-13-16(11-15(5-2)23-8-6-7-22)25-21-27-19(17-12-24-31-20(17)28-21)26-18-10-14(3)29-30-18/h10,12,15-16,23,32H,4-6,8-9,11,13H2,1-3H3,(H4,24,25,26,27,28,29,30,31). The Labute approximate surface area is 190 Å². The Balaban J connectivity index is 1.77. The Kier molecular flexibility index (Phi) is 9.20. The summed E-state index contributed by atoms with van der Waals surface area (Å²) in [6.07, 6.45) is 7.67. The topological polar surface area (TPSA) is 143 Å². The Morgan fingerprint density at radius 1 is 1.22 bits per heavy atom. The average molecular weight is 457 g/mol. The zero-order valence-electron chi connectivity index (χ0n) is 19.0. The third-order valence-electron chi connectivity index (χ3n) is 5.14. The van der Waals surface area contributed by atoms with Crippen LogP contribution in [-0.2, 0) is 0 Å². The molecular weight excluding hydrogens is 423 g/mol. The van der Waals surface area contributed by atoms with Gasteiger partial charge in [-0.2, -0.15) is 25.4 Å². The van der Waals surface area contributed by atoms with E-state index < -0.39 is 0 Å². The summed E-state index contributed by atoms with van der Waals surface area (Å²) in [5, 5.41) is 34.3. The Hall–Kier alpha value is -2.76. The quantitative estimate of drug-likeness (QED) is 0.183. The van der Waals surface area contributed by atoms with Gasteiger partial charge in [-0.3, -0.25) is 10.2 Å². The second kappa shape index (κ2) is 12.3. The lowest BCUT2D eigenvalue weighted by Gasteiger charge is -2.25. The van der Waals surface area contributed by atoms with Gasteiger partial charge in [-0.1, -0.05) is 20.3 Å². The molecule has 0 fully saturated rings. The van der Waals surface area contributed by atoms with E-state index in [0.29, 0.717) is 42.2 Å². The molecular formula is C21H33N10P.